The second-order valence-electron chi connectivity index (χ2n) is 9.55. The van der Waals surface area contributed by atoms with Gasteiger partial charge in [-0.15, -0.1) is 11.0 Å². The smallest absolute Gasteiger partial charge is 0.338 e. The van der Waals surface area contributed by atoms with E-state index in [4.69, 9.17) is 28.6 Å². The van der Waals surface area contributed by atoms with Gasteiger partial charge in [-0.3, -0.25) is 29.8 Å². The highest BCUT2D eigenvalue weighted by atomic mass is 33.1. The first-order valence-electron chi connectivity index (χ1n) is 13.1. The molecule has 18 heteroatoms. The van der Waals surface area contributed by atoms with E-state index in [1.54, 1.807) is 0 Å². The van der Waals surface area contributed by atoms with Gasteiger partial charge in [-0.25, -0.2) is 9.59 Å². The van der Waals surface area contributed by atoms with E-state index in [2.05, 4.69) is 21.6 Å². The van der Waals surface area contributed by atoms with Crippen molar-refractivity contribution in [3.63, 3.8) is 0 Å². The van der Waals surface area contributed by atoms with Crippen LogP contribution in [-0.4, -0.2) is 98.2 Å². The Hall–Kier alpha value is -2.64. The minimum atomic E-state index is -1.07. The molecule has 238 valence electrons. The molecule has 4 atom stereocenters. The van der Waals surface area contributed by atoms with Crippen molar-refractivity contribution in [2.24, 2.45) is 11.8 Å². The first-order chi connectivity index (χ1) is 19.9. The van der Waals surface area contributed by atoms with Gasteiger partial charge < -0.3 is 28.6 Å². The molecular formula is C24H38N4O12S2. The molecular weight excluding hydrogens is 600 g/mol. The third kappa shape index (κ3) is 11.9. The predicted molar refractivity (Wildman–Crippen MR) is 148 cm³/mol. The van der Waals surface area contributed by atoms with Gasteiger partial charge in [-0.1, -0.05) is 21.6 Å². The van der Waals surface area contributed by atoms with E-state index in [-0.39, 0.29) is 52.4 Å². The molecule has 0 aromatic carbocycles. The van der Waals surface area contributed by atoms with Crippen molar-refractivity contribution in [1.29, 1.82) is 0 Å². The summed E-state index contributed by atoms with van der Waals surface area (Å²) in [6.07, 6.45) is 0.398. The predicted octanol–water partition coefficient (Wildman–Crippen LogP) is -0.673. The SMILES string of the molecule is CC(=O)OCCC1(C(COC(C)=O)CSSCC(COC(C)=O)C2(CCOC(C)=O)NCC(=O)ON2)NCC(=O)ON1. The van der Waals surface area contributed by atoms with Crippen LogP contribution in [-0.2, 0) is 57.4 Å². The van der Waals surface area contributed by atoms with E-state index in [1.807, 2.05) is 0 Å². The van der Waals surface area contributed by atoms with Crippen LogP contribution < -0.4 is 21.6 Å². The van der Waals surface area contributed by atoms with Crippen molar-refractivity contribution in [3.8, 4) is 0 Å². The number of hydrogen-bond donors (Lipinski definition) is 4. The van der Waals surface area contributed by atoms with Gasteiger partial charge in [-0.05, 0) is 0 Å². The summed E-state index contributed by atoms with van der Waals surface area (Å²) >= 11 is 0. The second kappa shape index (κ2) is 17.5. The molecule has 0 amide bonds. The molecule has 2 aliphatic heterocycles. The fourth-order valence-electron chi connectivity index (χ4n) is 4.12. The van der Waals surface area contributed by atoms with Crippen LogP contribution in [0, 0.1) is 11.8 Å². The second-order valence-corrected chi connectivity index (χ2v) is 12.1. The lowest BCUT2D eigenvalue weighted by atomic mass is 9.91. The molecule has 42 heavy (non-hydrogen) atoms. The largest absolute Gasteiger partial charge is 0.466 e. The van der Waals surface area contributed by atoms with Crippen LogP contribution in [0.4, 0.5) is 0 Å². The number of esters is 4. The van der Waals surface area contributed by atoms with E-state index >= 15 is 0 Å². The molecule has 0 saturated carbocycles. The van der Waals surface area contributed by atoms with Crippen molar-refractivity contribution in [2.75, 3.05) is 51.0 Å². The normalized spacial score (nSPS) is 23.5. The lowest BCUT2D eigenvalue weighted by Gasteiger charge is -2.43. The Morgan fingerprint density at radius 1 is 0.690 bits per heavy atom. The van der Waals surface area contributed by atoms with Crippen LogP contribution in [0.25, 0.3) is 0 Å². The molecule has 0 radical (unpaired) electrons. The zero-order valence-electron chi connectivity index (χ0n) is 23.9. The summed E-state index contributed by atoms with van der Waals surface area (Å²) in [6.45, 7) is 4.81. The van der Waals surface area contributed by atoms with E-state index in [9.17, 15) is 28.8 Å². The van der Waals surface area contributed by atoms with Crippen LogP contribution in [0.15, 0.2) is 0 Å². The van der Waals surface area contributed by atoms with Crippen LogP contribution >= 0.6 is 21.6 Å². The number of rotatable bonds is 17. The minimum absolute atomic E-state index is 0.00658. The van der Waals surface area contributed by atoms with Gasteiger partial charge in [0.15, 0.2) is 0 Å². The van der Waals surface area contributed by atoms with Crippen molar-refractivity contribution < 1.29 is 57.4 Å². The summed E-state index contributed by atoms with van der Waals surface area (Å²) in [5, 5.41) is 6.20. The van der Waals surface area contributed by atoms with E-state index < -0.39 is 59.0 Å². The molecule has 0 aliphatic carbocycles. The number of hydroxylamine groups is 2. The Kier molecular flexibility index (Phi) is 14.8. The Morgan fingerprint density at radius 2 is 1.05 bits per heavy atom. The molecule has 2 fully saturated rings. The first-order valence-corrected chi connectivity index (χ1v) is 15.6. The maximum absolute atomic E-state index is 11.7. The summed E-state index contributed by atoms with van der Waals surface area (Å²) in [6, 6.07) is 0. The lowest BCUT2D eigenvalue weighted by Crippen LogP contribution is -2.68. The van der Waals surface area contributed by atoms with Gasteiger partial charge in [-0.2, -0.15) is 0 Å². The topological polar surface area (TPSA) is 206 Å². The fraction of sp³-hybridized carbons (Fsp3) is 0.750. The molecule has 0 spiro atoms. The van der Waals surface area contributed by atoms with Gasteiger partial charge in [0.25, 0.3) is 0 Å². The van der Waals surface area contributed by atoms with Gasteiger partial charge in [0.05, 0.1) is 39.5 Å². The van der Waals surface area contributed by atoms with Gasteiger partial charge in [0, 0.05) is 63.9 Å². The maximum Gasteiger partial charge on any atom is 0.338 e. The minimum Gasteiger partial charge on any atom is -0.466 e. The van der Waals surface area contributed by atoms with E-state index in [0.717, 1.165) is 0 Å². The molecule has 2 heterocycles. The number of hydrogen-bond acceptors (Lipinski definition) is 18. The monoisotopic (exact) mass is 638 g/mol. The standard InChI is InChI=1S/C24H38N4O12S2/c1-15(29)35-7-5-23(25-9-21(33)39-27-23)19(11-37-17(3)31)13-41-42-14-20(12-38-18(4)32)24(6-8-36-16(2)30)26-10-22(34)40-28-24/h19-20,25-28H,5-14H2,1-4H3. The lowest BCUT2D eigenvalue weighted by molar-refractivity contribution is -0.174. The third-order valence-corrected chi connectivity index (χ3v) is 8.95. The molecule has 4 unspecified atom stereocenters. The molecule has 0 aromatic rings. The highest BCUT2D eigenvalue weighted by Gasteiger charge is 2.45. The highest BCUT2D eigenvalue weighted by molar-refractivity contribution is 8.76. The average Bonchev–Trinajstić information content (AvgIpc) is 2.92. The molecule has 4 N–H and O–H groups in total. The molecule has 2 aliphatic rings. The number of nitrogens with one attached hydrogen (secondary N) is 4. The quantitative estimate of drug-likeness (QED) is 0.0674. The van der Waals surface area contributed by atoms with Crippen LogP contribution in [0.5, 0.6) is 0 Å². The summed E-state index contributed by atoms with van der Waals surface area (Å²) < 4.78 is 20.8. The fourth-order valence-corrected chi connectivity index (χ4v) is 6.96. The molecule has 16 nitrogen and oxygen atoms in total. The Morgan fingerprint density at radius 3 is 1.33 bits per heavy atom. The third-order valence-electron chi connectivity index (χ3n) is 6.38. The first kappa shape index (κ1) is 35.6. The van der Waals surface area contributed by atoms with Crippen molar-refractivity contribution >= 4 is 57.4 Å². The zero-order valence-corrected chi connectivity index (χ0v) is 25.6. The number of ether oxygens (including phenoxy) is 4. The van der Waals surface area contributed by atoms with Gasteiger partial charge in [0.1, 0.15) is 11.3 Å². The summed E-state index contributed by atoms with van der Waals surface area (Å²) in [4.78, 5) is 79.7. The average molecular weight is 639 g/mol. The van der Waals surface area contributed by atoms with Crippen molar-refractivity contribution in [3.05, 3.63) is 0 Å². The summed E-state index contributed by atoms with van der Waals surface area (Å²) in [5.74, 6) is -3.20. The van der Waals surface area contributed by atoms with Gasteiger partial charge >= 0.3 is 35.8 Å². The van der Waals surface area contributed by atoms with E-state index in [0.29, 0.717) is 11.5 Å². The number of carbonyl (C=O) groups excluding carboxylic acids is 6. The Balaban J connectivity index is 2.16. The number of carbonyl (C=O) groups is 6. The molecule has 0 bridgehead atoms. The van der Waals surface area contributed by atoms with Crippen LogP contribution in [0.3, 0.4) is 0 Å². The molecule has 0 aromatic heterocycles. The van der Waals surface area contributed by atoms with Crippen LogP contribution in [0.1, 0.15) is 40.5 Å². The summed E-state index contributed by atoms with van der Waals surface area (Å²) in [5.41, 5.74) is 3.30. The Bertz CT molecular complexity index is 889. The van der Waals surface area contributed by atoms with E-state index in [1.165, 1.54) is 49.3 Å². The maximum atomic E-state index is 11.7. The molecule has 2 rings (SSSR count). The van der Waals surface area contributed by atoms with Crippen LogP contribution in [0.2, 0.25) is 0 Å². The molecule has 2 saturated heterocycles. The van der Waals surface area contributed by atoms with Crippen molar-refractivity contribution in [2.45, 2.75) is 51.9 Å². The van der Waals surface area contributed by atoms with Gasteiger partial charge in [0.2, 0.25) is 0 Å². The van der Waals surface area contributed by atoms with Crippen molar-refractivity contribution in [1.82, 2.24) is 21.6 Å². The Labute approximate surface area is 251 Å². The summed E-state index contributed by atoms with van der Waals surface area (Å²) in [7, 11) is 2.82. The zero-order chi connectivity index (χ0) is 31.2. The highest BCUT2D eigenvalue weighted by Crippen LogP contribution is 2.35.